The van der Waals surface area contributed by atoms with E-state index in [1.54, 1.807) is 0 Å². The number of likely N-dealkylation sites (N-methyl/N-ethyl adjacent to an activating group) is 1. The van der Waals surface area contributed by atoms with Crippen molar-refractivity contribution in [2.75, 3.05) is 40.9 Å². The van der Waals surface area contributed by atoms with Gasteiger partial charge in [0.05, 0.1) is 39.9 Å². The number of phosphoric ester groups is 1. The summed E-state index contributed by atoms with van der Waals surface area (Å²) in [6.07, 6.45) is 50.4. The van der Waals surface area contributed by atoms with Crippen molar-refractivity contribution >= 4 is 13.7 Å². The fraction of sp³-hybridized carbons (Fsp3) is 0.900. The zero-order chi connectivity index (χ0) is 43.6. The van der Waals surface area contributed by atoms with Crippen molar-refractivity contribution < 1.29 is 32.9 Å². The van der Waals surface area contributed by atoms with E-state index in [1.807, 2.05) is 21.1 Å². The molecule has 9 heteroatoms. The summed E-state index contributed by atoms with van der Waals surface area (Å²) in [6, 6.07) is -0.801. The molecule has 0 aliphatic rings. The third-order valence-electron chi connectivity index (χ3n) is 11.4. The zero-order valence-corrected chi connectivity index (χ0v) is 40.6. The predicted octanol–water partition coefficient (Wildman–Crippen LogP) is 13.8. The third-order valence-corrected chi connectivity index (χ3v) is 12.4. The number of carbonyl (C=O) groups excluding carboxylic acids is 1. The smallest absolute Gasteiger partial charge is 0.268 e. The second-order valence-electron chi connectivity index (χ2n) is 18.5. The standard InChI is InChI=1S/C50H99N2O6P/c1-6-8-10-12-14-16-18-20-22-24-25-26-27-28-30-32-34-36-38-40-42-44-50(54)51-48(47-58-59(55,56)57-46-45-52(3,4)5)49(53)43-41-39-37-35-33-31-29-23-21-19-17-15-13-11-9-7-2/h18,20,24-25,48-49,53H,6-17,19,21-23,26-47H2,1-5H3,(H-,51,54,55,56)/b20-18-,25-24-. The molecular weight excluding hydrogens is 756 g/mol. The van der Waals surface area contributed by atoms with Gasteiger partial charge in [0.2, 0.25) is 5.91 Å². The second kappa shape index (κ2) is 42.3. The van der Waals surface area contributed by atoms with Gasteiger partial charge in [-0.15, -0.1) is 0 Å². The Labute approximate surface area is 366 Å². The van der Waals surface area contributed by atoms with Crippen molar-refractivity contribution in [1.29, 1.82) is 0 Å². The molecule has 0 aliphatic heterocycles. The van der Waals surface area contributed by atoms with E-state index in [0.29, 0.717) is 23.9 Å². The number of hydrogen-bond donors (Lipinski definition) is 2. The minimum Gasteiger partial charge on any atom is -0.756 e. The molecule has 0 radical (unpaired) electrons. The SMILES string of the molecule is CCCCCCC/C=C\C/C=C\CCCCCCCCCCCC(=O)NC(COP(=O)([O-])OCC[N+](C)(C)C)C(O)CCCCCCCCCCCCCCCCCC. The number of aliphatic hydroxyl groups is 1. The van der Waals surface area contributed by atoms with Crippen LogP contribution in [0.4, 0.5) is 0 Å². The highest BCUT2D eigenvalue weighted by atomic mass is 31.2. The molecule has 1 amide bonds. The maximum absolute atomic E-state index is 12.9. The van der Waals surface area contributed by atoms with Gasteiger partial charge in [-0.05, 0) is 44.9 Å². The third kappa shape index (κ3) is 44.8. The summed E-state index contributed by atoms with van der Waals surface area (Å²) in [4.78, 5) is 25.4. The van der Waals surface area contributed by atoms with Crippen molar-refractivity contribution in [2.24, 2.45) is 0 Å². The van der Waals surface area contributed by atoms with Crippen molar-refractivity contribution in [3.8, 4) is 0 Å². The number of phosphoric acid groups is 1. The lowest BCUT2D eigenvalue weighted by molar-refractivity contribution is -0.870. The van der Waals surface area contributed by atoms with Crippen LogP contribution in [0, 0.1) is 0 Å². The average molecular weight is 855 g/mol. The molecule has 0 saturated heterocycles. The van der Waals surface area contributed by atoms with Crippen LogP contribution in [0.3, 0.4) is 0 Å². The first-order valence-corrected chi connectivity index (χ1v) is 26.6. The minimum absolute atomic E-state index is 0.0122. The van der Waals surface area contributed by atoms with Gasteiger partial charge in [0.1, 0.15) is 13.2 Å². The Kier molecular flexibility index (Phi) is 41.6. The lowest BCUT2D eigenvalue weighted by Crippen LogP contribution is -2.46. The van der Waals surface area contributed by atoms with Gasteiger partial charge in [0, 0.05) is 6.42 Å². The van der Waals surface area contributed by atoms with Crippen LogP contribution in [0.1, 0.15) is 239 Å². The Morgan fingerprint density at radius 2 is 0.983 bits per heavy atom. The van der Waals surface area contributed by atoms with Crippen LogP contribution >= 0.6 is 7.82 Å². The highest BCUT2D eigenvalue weighted by Crippen LogP contribution is 2.38. The number of nitrogens with zero attached hydrogens (tertiary/aromatic N) is 1. The normalized spacial score (nSPS) is 14.4. The van der Waals surface area contributed by atoms with Gasteiger partial charge < -0.3 is 28.8 Å². The summed E-state index contributed by atoms with van der Waals surface area (Å²) >= 11 is 0. The maximum atomic E-state index is 12.9. The Bertz CT molecular complexity index is 1020. The molecule has 2 N–H and O–H groups in total. The number of allylic oxidation sites excluding steroid dienone is 4. The summed E-state index contributed by atoms with van der Waals surface area (Å²) < 4.78 is 23.3. The second-order valence-corrected chi connectivity index (χ2v) is 19.9. The van der Waals surface area contributed by atoms with Gasteiger partial charge in [-0.2, -0.15) is 0 Å². The first-order chi connectivity index (χ1) is 28.5. The van der Waals surface area contributed by atoms with Gasteiger partial charge in [-0.25, -0.2) is 0 Å². The van der Waals surface area contributed by atoms with Gasteiger partial charge in [0.25, 0.3) is 7.82 Å². The number of hydrogen-bond acceptors (Lipinski definition) is 6. The van der Waals surface area contributed by atoms with Gasteiger partial charge in [-0.3, -0.25) is 9.36 Å². The molecular formula is C50H99N2O6P. The van der Waals surface area contributed by atoms with Gasteiger partial charge in [-0.1, -0.05) is 212 Å². The molecule has 0 bridgehead atoms. The number of aliphatic hydroxyl groups excluding tert-OH is 1. The van der Waals surface area contributed by atoms with E-state index in [9.17, 15) is 19.4 Å². The first-order valence-electron chi connectivity index (χ1n) is 25.2. The van der Waals surface area contributed by atoms with Crippen molar-refractivity contribution in [1.82, 2.24) is 5.32 Å². The number of carbonyl (C=O) groups is 1. The van der Waals surface area contributed by atoms with Gasteiger partial charge >= 0.3 is 0 Å². The van der Waals surface area contributed by atoms with Crippen LogP contribution in [-0.2, 0) is 18.4 Å². The largest absolute Gasteiger partial charge is 0.756 e. The molecule has 8 nitrogen and oxygen atoms in total. The van der Waals surface area contributed by atoms with Crippen LogP contribution in [0.2, 0.25) is 0 Å². The lowest BCUT2D eigenvalue weighted by atomic mass is 10.0. The quantitative estimate of drug-likeness (QED) is 0.0273. The van der Waals surface area contributed by atoms with E-state index in [-0.39, 0.29) is 19.1 Å². The van der Waals surface area contributed by atoms with Crippen molar-refractivity contribution in [2.45, 2.75) is 251 Å². The van der Waals surface area contributed by atoms with E-state index in [1.165, 1.54) is 167 Å². The molecule has 0 aliphatic carbocycles. The number of unbranched alkanes of at least 4 members (excludes halogenated alkanes) is 29. The molecule has 0 aromatic carbocycles. The number of rotatable bonds is 46. The van der Waals surface area contributed by atoms with Crippen molar-refractivity contribution in [3.63, 3.8) is 0 Å². The number of quaternary nitrogens is 1. The Morgan fingerprint density at radius 1 is 0.593 bits per heavy atom. The van der Waals surface area contributed by atoms with E-state index in [0.717, 1.165) is 44.9 Å². The highest BCUT2D eigenvalue weighted by Gasteiger charge is 2.24. The van der Waals surface area contributed by atoms with Crippen LogP contribution in [0.15, 0.2) is 24.3 Å². The Morgan fingerprint density at radius 3 is 1.41 bits per heavy atom. The van der Waals surface area contributed by atoms with Crippen molar-refractivity contribution in [3.05, 3.63) is 24.3 Å². The molecule has 0 saturated carbocycles. The molecule has 3 atom stereocenters. The highest BCUT2D eigenvalue weighted by molar-refractivity contribution is 7.45. The molecule has 0 aromatic heterocycles. The molecule has 0 fully saturated rings. The topological polar surface area (TPSA) is 108 Å². The fourth-order valence-electron chi connectivity index (χ4n) is 7.42. The molecule has 0 spiro atoms. The predicted molar refractivity (Wildman–Crippen MR) is 252 cm³/mol. The van der Waals surface area contributed by atoms with Crippen LogP contribution < -0.4 is 10.2 Å². The molecule has 0 heterocycles. The van der Waals surface area contributed by atoms with Gasteiger partial charge in [0.15, 0.2) is 0 Å². The summed E-state index contributed by atoms with van der Waals surface area (Å²) in [7, 11) is 1.31. The van der Waals surface area contributed by atoms with E-state index in [2.05, 4.69) is 43.5 Å². The Hall–Kier alpha value is -1.02. The lowest BCUT2D eigenvalue weighted by Gasteiger charge is -2.30. The maximum Gasteiger partial charge on any atom is 0.268 e. The molecule has 0 rings (SSSR count). The van der Waals surface area contributed by atoms with E-state index >= 15 is 0 Å². The zero-order valence-electron chi connectivity index (χ0n) is 39.7. The number of amides is 1. The van der Waals surface area contributed by atoms with Crippen LogP contribution in [0.5, 0.6) is 0 Å². The molecule has 350 valence electrons. The molecule has 0 aromatic rings. The average Bonchev–Trinajstić information content (AvgIpc) is 3.19. The Balaban J connectivity index is 4.27. The summed E-state index contributed by atoms with van der Waals surface area (Å²) in [6.45, 7) is 4.72. The van der Waals surface area contributed by atoms with Crippen LogP contribution in [-0.4, -0.2) is 68.5 Å². The summed E-state index contributed by atoms with van der Waals surface area (Å²) in [5.41, 5.74) is 0. The van der Waals surface area contributed by atoms with Crippen LogP contribution in [0.25, 0.3) is 0 Å². The first kappa shape index (κ1) is 58.0. The summed E-state index contributed by atoms with van der Waals surface area (Å²) in [5, 5.41) is 14.0. The molecule has 3 unspecified atom stereocenters. The fourth-order valence-corrected chi connectivity index (χ4v) is 8.15. The molecule has 59 heavy (non-hydrogen) atoms. The summed E-state index contributed by atoms with van der Waals surface area (Å²) in [5.74, 6) is -0.167. The van der Waals surface area contributed by atoms with E-state index in [4.69, 9.17) is 9.05 Å². The van der Waals surface area contributed by atoms with E-state index < -0.39 is 20.0 Å². The minimum atomic E-state index is -4.57. The monoisotopic (exact) mass is 855 g/mol. The number of nitrogens with one attached hydrogen (secondary N) is 1.